The first kappa shape index (κ1) is 9.80. The van der Waals surface area contributed by atoms with Gasteiger partial charge in [-0.25, -0.2) is 9.78 Å². The van der Waals surface area contributed by atoms with Gasteiger partial charge in [0.2, 0.25) is 0 Å². The first-order chi connectivity index (χ1) is 7.65. The van der Waals surface area contributed by atoms with Crippen molar-refractivity contribution in [2.24, 2.45) is 0 Å². The Morgan fingerprint density at radius 1 is 1.50 bits per heavy atom. The van der Waals surface area contributed by atoms with E-state index in [0.717, 1.165) is 19.8 Å². The Balaban J connectivity index is 2.37. The number of thiazole rings is 1. The molecular weight excluding hydrogens is 292 g/mol. The molecule has 6 heteroatoms. The molecule has 0 unspecified atom stereocenters. The van der Waals surface area contributed by atoms with Crippen molar-refractivity contribution in [1.29, 1.82) is 0 Å². The Kier molecular flexibility index (Phi) is 2.02. The lowest BCUT2D eigenvalue weighted by atomic mass is 10.2. The van der Waals surface area contributed by atoms with Crippen molar-refractivity contribution in [1.82, 2.24) is 9.38 Å². The molecule has 2 heterocycles. The highest BCUT2D eigenvalue weighted by atomic mass is 79.9. The molecule has 0 atom stereocenters. The monoisotopic (exact) mass is 296 g/mol. The molecule has 0 amide bonds. The lowest BCUT2D eigenvalue weighted by molar-refractivity contribution is 0.0697. The first-order valence-corrected chi connectivity index (χ1v) is 6.06. The minimum Gasteiger partial charge on any atom is -0.478 e. The number of carboxylic acids is 1. The topological polar surface area (TPSA) is 54.6 Å². The van der Waals surface area contributed by atoms with Crippen LogP contribution in [-0.4, -0.2) is 20.5 Å². The van der Waals surface area contributed by atoms with Gasteiger partial charge >= 0.3 is 5.97 Å². The maximum Gasteiger partial charge on any atom is 0.335 e. The number of fused-ring (bicyclic) bond motifs is 3. The quantitative estimate of drug-likeness (QED) is 0.751. The van der Waals surface area contributed by atoms with Crippen molar-refractivity contribution in [2.45, 2.75) is 0 Å². The molecule has 3 aromatic rings. The normalized spacial score (nSPS) is 11.3. The van der Waals surface area contributed by atoms with Gasteiger partial charge in [-0.15, -0.1) is 0 Å². The molecule has 4 nitrogen and oxygen atoms in total. The van der Waals surface area contributed by atoms with Gasteiger partial charge in [-0.2, -0.15) is 0 Å². The summed E-state index contributed by atoms with van der Waals surface area (Å²) in [5.74, 6) is -0.908. The highest BCUT2D eigenvalue weighted by Gasteiger charge is 2.10. The molecule has 0 saturated heterocycles. The Hall–Kier alpha value is -1.40. The van der Waals surface area contributed by atoms with Crippen molar-refractivity contribution in [2.75, 3.05) is 0 Å². The Labute approximate surface area is 102 Å². The Bertz CT molecular complexity index is 716. The minimum atomic E-state index is -0.908. The Morgan fingerprint density at radius 3 is 3.06 bits per heavy atom. The van der Waals surface area contributed by atoms with Crippen molar-refractivity contribution < 1.29 is 9.90 Å². The molecular formula is C10H5BrN2O2S. The molecule has 0 aliphatic carbocycles. The van der Waals surface area contributed by atoms with Crippen LogP contribution in [0.1, 0.15) is 10.4 Å². The summed E-state index contributed by atoms with van der Waals surface area (Å²) in [6.45, 7) is 0. The lowest BCUT2D eigenvalue weighted by Crippen LogP contribution is -1.94. The first-order valence-electron chi connectivity index (χ1n) is 4.45. The number of carbonyl (C=O) groups is 1. The van der Waals surface area contributed by atoms with E-state index in [9.17, 15) is 4.79 Å². The van der Waals surface area contributed by atoms with Crippen molar-refractivity contribution in [3.63, 3.8) is 0 Å². The third-order valence-electron chi connectivity index (χ3n) is 2.31. The van der Waals surface area contributed by atoms with Gasteiger partial charge in [0.15, 0.2) is 4.96 Å². The van der Waals surface area contributed by atoms with E-state index in [0.29, 0.717) is 5.56 Å². The van der Waals surface area contributed by atoms with Crippen LogP contribution in [0.4, 0.5) is 0 Å². The van der Waals surface area contributed by atoms with Crippen LogP contribution < -0.4 is 0 Å². The van der Waals surface area contributed by atoms with Gasteiger partial charge in [0, 0.05) is 6.20 Å². The summed E-state index contributed by atoms with van der Waals surface area (Å²) in [5.41, 5.74) is 1.28. The number of hydrogen-bond acceptors (Lipinski definition) is 3. The van der Waals surface area contributed by atoms with Crippen LogP contribution >= 0.6 is 27.3 Å². The summed E-state index contributed by atoms with van der Waals surface area (Å²) in [6.07, 6.45) is 1.87. The van der Waals surface area contributed by atoms with E-state index >= 15 is 0 Å². The van der Waals surface area contributed by atoms with E-state index in [1.54, 1.807) is 18.2 Å². The zero-order valence-electron chi connectivity index (χ0n) is 7.85. The Morgan fingerprint density at radius 2 is 2.31 bits per heavy atom. The second-order valence-electron chi connectivity index (χ2n) is 3.31. The summed E-state index contributed by atoms with van der Waals surface area (Å²) < 4.78 is 3.65. The third-order valence-corrected chi connectivity index (χ3v) is 3.71. The smallest absolute Gasteiger partial charge is 0.335 e. The van der Waals surface area contributed by atoms with Gasteiger partial charge in [0.1, 0.15) is 4.60 Å². The van der Waals surface area contributed by atoms with Gasteiger partial charge in [-0.05, 0) is 34.1 Å². The second-order valence-corrected chi connectivity index (χ2v) is 5.13. The molecule has 1 N–H and O–H groups in total. The summed E-state index contributed by atoms with van der Waals surface area (Å²) in [4.78, 5) is 16.0. The van der Waals surface area contributed by atoms with Gasteiger partial charge in [0.25, 0.3) is 0 Å². The fraction of sp³-hybridized carbons (Fsp3) is 0. The summed E-state index contributed by atoms with van der Waals surface area (Å²) >= 11 is 4.78. The minimum absolute atomic E-state index is 0.302. The average Bonchev–Trinajstić information content (AvgIpc) is 2.72. The standard InChI is InChI=1S/C10H5BrN2O2S/c11-8-4-13-6-2-1-5(9(14)15)3-7(6)16-10(13)12-8/h1-4H,(H,14,15). The van der Waals surface area contributed by atoms with Gasteiger partial charge in [-0.3, -0.25) is 4.40 Å². The van der Waals surface area contributed by atoms with Crippen LogP contribution in [0.5, 0.6) is 0 Å². The molecule has 0 radical (unpaired) electrons. The van der Waals surface area contributed by atoms with Crippen LogP contribution in [0.25, 0.3) is 15.2 Å². The van der Waals surface area contributed by atoms with Crippen molar-refractivity contribution >= 4 is 48.4 Å². The van der Waals surface area contributed by atoms with Crippen molar-refractivity contribution in [3.05, 3.63) is 34.6 Å². The van der Waals surface area contributed by atoms with Crippen LogP contribution in [-0.2, 0) is 0 Å². The van der Waals surface area contributed by atoms with E-state index in [1.165, 1.54) is 11.3 Å². The zero-order chi connectivity index (χ0) is 11.3. The van der Waals surface area contributed by atoms with E-state index in [1.807, 2.05) is 10.6 Å². The molecule has 3 rings (SSSR count). The number of nitrogens with zero attached hydrogens (tertiary/aromatic N) is 2. The molecule has 1 aromatic carbocycles. The van der Waals surface area contributed by atoms with Crippen LogP contribution in [0.15, 0.2) is 29.0 Å². The number of imidazole rings is 1. The highest BCUT2D eigenvalue weighted by molar-refractivity contribution is 9.10. The van der Waals surface area contributed by atoms with E-state index in [-0.39, 0.29) is 0 Å². The molecule has 0 spiro atoms. The van der Waals surface area contributed by atoms with Crippen molar-refractivity contribution in [3.8, 4) is 0 Å². The van der Waals surface area contributed by atoms with Crippen LogP contribution in [0.2, 0.25) is 0 Å². The fourth-order valence-electron chi connectivity index (χ4n) is 1.61. The molecule has 80 valence electrons. The van der Waals surface area contributed by atoms with Crippen LogP contribution in [0.3, 0.4) is 0 Å². The number of hydrogen-bond donors (Lipinski definition) is 1. The largest absolute Gasteiger partial charge is 0.478 e. The number of rotatable bonds is 1. The molecule has 0 aliphatic rings. The van der Waals surface area contributed by atoms with E-state index in [2.05, 4.69) is 20.9 Å². The second kappa shape index (κ2) is 3.29. The maximum absolute atomic E-state index is 10.8. The van der Waals surface area contributed by atoms with Gasteiger partial charge in [-0.1, -0.05) is 11.3 Å². The number of aromatic carboxylic acids is 1. The molecule has 16 heavy (non-hydrogen) atoms. The molecule has 2 aromatic heterocycles. The van der Waals surface area contributed by atoms with Gasteiger partial charge in [0.05, 0.1) is 15.8 Å². The predicted molar refractivity (Wildman–Crippen MR) is 65.2 cm³/mol. The van der Waals surface area contributed by atoms with E-state index in [4.69, 9.17) is 5.11 Å². The molecule has 0 bridgehead atoms. The summed E-state index contributed by atoms with van der Waals surface area (Å²) in [6, 6.07) is 5.08. The highest BCUT2D eigenvalue weighted by Crippen LogP contribution is 2.28. The van der Waals surface area contributed by atoms with Crippen LogP contribution in [0, 0.1) is 0 Å². The zero-order valence-corrected chi connectivity index (χ0v) is 10.2. The van der Waals surface area contributed by atoms with E-state index < -0.39 is 5.97 Å². The third kappa shape index (κ3) is 1.34. The number of carboxylic acid groups (broad SMARTS) is 1. The molecule has 0 aliphatic heterocycles. The SMILES string of the molecule is O=C(O)c1ccc2c(c1)sc1nc(Br)cn12. The summed E-state index contributed by atoms with van der Waals surface area (Å²) in [5, 5.41) is 8.89. The van der Waals surface area contributed by atoms with Gasteiger partial charge < -0.3 is 5.11 Å². The fourth-order valence-corrected chi connectivity index (χ4v) is 3.14. The number of halogens is 1. The predicted octanol–water partition coefficient (Wildman–Crippen LogP) is 3.01. The lowest BCUT2D eigenvalue weighted by Gasteiger charge is -1.94. The molecule has 0 saturated carbocycles. The maximum atomic E-state index is 10.8. The summed E-state index contributed by atoms with van der Waals surface area (Å²) in [7, 11) is 0. The number of benzene rings is 1. The average molecular weight is 297 g/mol. The number of aromatic nitrogens is 2. The molecule has 0 fully saturated rings.